The maximum Gasteiger partial charge on any atom is 0.326 e. The van der Waals surface area contributed by atoms with Crippen molar-refractivity contribution in [2.24, 2.45) is 5.73 Å². The standard InChI is InChI=1S/C65H105N19O28/c1-70(46(88)23-19-42(65(111)112)69-45(87)22-18-41(64(109)110)68-44(86)21-17-40(63(107)108)67-43(85)20-16-39(66)62(105)106)24-47(89)71(2)25-48(90)72(3)26-49(91)73(4)27-50(92)74(5)28-51(93)75(6)29-52(94)76(7)30-53(95)77(8)31-54(96)78(9)32-55(97)79(10)33-56(98)80(11)34-57(99)81(12)35-58(100)82(13)36-59(101)83(14)37-60(102)84(15)38-61(103)104/h39-42H,16-38,66H2,1-15H3,(H,67,85)(H,68,86)(H,69,87)(H,103,104)(H,105,106)(H,107,108)(H,109,110)(H,111,112)/t39-,40-,41-,42-/m0/s1. The highest BCUT2D eigenvalue weighted by atomic mass is 16.4. The predicted octanol–water partition coefficient (Wildman–Crippen LogP) is -10.8. The van der Waals surface area contributed by atoms with E-state index in [-0.39, 0.29) is 6.42 Å². The molecule has 0 aliphatic heterocycles. The molecule has 112 heavy (non-hydrogen) atoms. The molecule has 0 aliphatic carbocycles. The average molecular weight is 1600 g/mol. The van der Waals surface area contributed by atoms with Crippen LogP contribution in [-0.4, -0.2) is 463 Å². The highest BCUT2D eigenvalue weighted by Gasteiger charge is 2.32. The van der Waals surface area contributed by atoms with E-state index in [4.69, 9.17) is 15.9 Å². The average Bonchev–Trinajstić information content (AvgIpc) is 0.884. The van der Waals surface area contributed by atoms with Crippen molar-refractivity contribution in [2.45, 2.75) is 75.5 Å². The van der Waals surface area contributed by atoms with Crippen molar-refractivity contribution in [3.63, 3.8) is 0 Å². The minimum atomic E-state index is -1.73. The third-order valence-electron chi connectivity index (χ3n) is 16.8. The van der Waals surface area contributed by atoms with E-state index in [9.17, 15) is 126 Å². The van der Waals surface area contributed by atoms with Gasteiger partial charge in [0.15, 0.2) is 0 Å². The van der Waals surface area contributed by atoms with Crippen LogP contribution >= 0.6 is 0 Å². The normalized spacial score (nSPS) is 11.6. The van der Waals surface area contributed by atoms with Gasteiger partial charge >= 0.3 is 29.8 Å². The minimum absolute atomic E-state index is 0.320. The smallest absolute Gasteiger partial charge is 0.326 e. The highest BCUT2D eigenvalue weighted by Crippen LogP contribution is 2.09. The van der Waals surface area contributed by atoms with E-state index in [0.29, 0.717) is 0 Å². The molecule has 0 radical (unpaired) electrons. The Morgan fingerprint density at radius 2 is 0.357 bits per heavy atom. The first kappa shape index (κ1) is 99.8. The molecule has 0 rings (SSSR count). The fraction of sp³-hybridized carbons (Fsp3) is 0.646. The van der Waals surface area contributed by atoms with Crippen molar-refractivity contribution in [1.82, 2.24) is 89.4 Å². The molecule has 0 saturated heterocycles. The number of nitrogens with zero attached hydrogens (tertiary/aromatic N) is 15. The summed E-state index contributed by atoms with van der Waals surface area (Å²) in [7, 11) is 18.7. The van der Waals surface area contributed by atoms with Crippen LogP contribution in [-0.2, 0) is 110 Å². The number of carbonyl (C=O) groups excluding carboxylic acids is 18. The maximum absolute atomic E-state index is 13.1. The number of rotatable bonds is 49. The largest absolute Gasteiger partial charge is 0.480 e. The zero-order valence-corrected chi connectivity index (χ0v) is 65.5. The molecule has 0 heterocycles. The van der Waals surface area contributed by atoms with Gasteiger partial charge in [-0.2, -0.15) is 0 Å². The third-order valence-corrected chi connectivity index (χ3v) is 16.8. The maximum atomic E-state index is 13.1. The summed E-state index contributed by atoms with van der Waals surface area (Å²) < 4.78 is 0. The van der Waals surface area contributed by atoms with E-state index in [2.05, 4.69) is 16.0 Å². The Labute approximate surface area is 644 Å². The summed E-state index contributed by atoms with van der Waals surface area (Å²) in [6.45, 7) is -8.36. The van der Waals surface area contributed by atoms with Gasteiger partial charge in [-0.15, -0.1) is 0 Å². The van der Waals surface area contributed by atoms with E-state index in [0.717, 1.165) is 73.5 Å². The van der Waals surface area contributed by atoms with Crippen LogP contribution in [0.3, 0.4) is 0 Å². The molecule has 47 heteroatoms. The van der Waals surface area contributed by atoms with E-state index in [1.165, 1.54) is 106 Å². The van der Waals surface area contributed by atoms with E-state index >= 15 is 0 Å². The van der Waals surface area contributed by atoms with Crippen LogP contribution in [0, 0.1) is 0 Å². The number of nitrogens with one attached hydrogen (secondary N) is 3. The molecule has 0 aromatic rings. The fourth-order valence-electron chi connectivity index (χ4n) is 9.05. The monoisotopic (exact) mass is 1600 g/mol. The van der Waals surface area contributed by atoms with Gasteiger partial charge in [-0.25, -0.2) is 14.4 Å². The van der Waals surface area contributed by atoms with Gasteiger partial charge in [-0.1, -0.05) is 0 Å². The van der Waals surface area contributed by atoms with Crippen molar-refractivity contribution < 1.29 is 136 Å². The number of carboxylic acids is 5. The second-order valence-electron chi connectivity index (χ2n) is 26.6. The second kappa shape index (κ2) is 48.3. The van der Waals surface area contributed by atoms with Gasteiger partial charge in [0, 0.05) is 131 Å². The van der Waals surface area contributed by atoms with Gasteiger partial charge in [0.05, 0.1) is 91.6 Å². The van der Waals surface area contributed by atoms with Crippen LogP contribution in [0.25, 0.3) is 0 Å². The van der Waals surface area contributed by atoms with Crippen LogP contribution in [0.2, 0.25) is 0 Å². The molecule has 0 aromatic heterocycles. The fourth-order valence-corrected chi connectivity index (χ4v) is 9.05. The zero-order valence-electron chi connectivity index (χ0n) is 65.5. The summed E-state index contributed by atoms with van der Waals surface area (Å²) in [4.78, 5) is 304. The lowest BCUT2D eigenvalue weighted by Crippen LogP contribution is -2.49. The lowest BCUT2D eigenvalue weighted by Gasteiger charge is -2.28. The number of carbonyl (C=O) groups is 23. The molecular formula is C65H105N19O28. The predicted molar refractivity (Wildman–Crippen MR) is 383 cm³/mol. The quantitative estimate of drug-likeness (QED) is 0.0273. The number of nitrogens with two attached hydrogens (primary N) is 1. The lowest BCUT2D eigenvalue weighted by molar-refractivity contribution is -0.147. The first-order valence-corrected chi connectivity index (χ1v) is 34.1. The number of likely N-dealkylation sites (N-methyl/N-ethyl adjacent to an activating group) is 15. The Balaban J connectivity index is 5.09. The van der Waals surface area contributed by atoms with Gasteiger partial charge < -0.3 is 121 Å². The molecule has 4 atom stereocenters. The molecule has 0 fully saturated rings. The zero-order chi connectivity index (χ0) is 86.6. The Bertz CT molecular complexity index is 3510. The van der Waals surface area contributed by atoms with Gasteiger partial charge in [0.2, 0.25) is 106 Å². The molecule has 0 aromatic carbocycles. The highest BCUT2D eigenvalue weighted by molar-refractivity contribution is 5.96. The van der Waals surface area contributed by atoms with Crippen LogP contribution in [0.15, 0.2) is 0 Å². The molecule has 0 bridgehead atoms. The minimum Gasteiger partial charge on any atom is -0.480 e. The molecule has 0 saturated carbocycles. The van der Waals surface area contributed by atoms with Crippen molar-refractivity contribution in [3.8, 4) is 0 Å². The lowest BCUT2D eigenvalue weighted by atomic mass is 10.1. The van der Waals surface area contributed by atoms with E-state index in [1.54, 1.807) is 0 Å². The molecule has 10 N–H and O–H groups in total. The SMILES string of the molecule is CN(CC(=O)O)C(=O)CN(C)C(=O)CN(C)C(=O)CN(C)C(=O)CN(C)C(=O)CN(C)C(=O)CN(C)C(=O)CN(C)C(=O)CN(C)C(=O)CN(C)C(=O)CN(C)C(=O)CN(C)C(=O)CN(C)C(=O)CN(C)C(=O)CN(C)C(=O)CC[C@H](NC(=O)CC[C@H](NC(=O)CC[C@H](NC(=O)CC[C@H](N)C(=O)O)C(=O)O)C(=O)O)C(=O)O. The number of hydrogen-bond acceptors (Lipinski definition) is 24. The Morgan fingerprint density at radius 1 is 0.214 bits per heavy atom. The second-order valence-corrected chi connectivity index (χ2v) is 26.6. The molecule has 18 amide bonds. The van der Waals surface area contributed by atoms with Crippen molar-refractivity contribution in [2.75, 3.05) is 204 Å². The van der Waals surface area contributed by atoms with Gasteiger partial charge in [0.25, 0.3) is 0 Å². The van der Waals surface area contributed by atoms with E-state index in [1.807, 2.05) is 0 Å². The number of aliphatic carboxylic acids is 5. The van der Waals surface area contributed by atoms with Gasteiger partial charge in [-0.05, 0) is 25.7 Å². The van der Waals surface area contributed by atoms with Crippen molar-refractivity contribution in [1.29, 1.82) is 0 Å². The topological polar surface area (TPSA) is 604 Å². The van der Waals surface area contributed by atoms with Gasteiger partial charge in [0.1, 0.15) is 30.7 Å². The first-order valence-electron chi connectivity index (χ1n) is 34.1. The molecule has 0 spiro atoms. The summed E-state index contributed by atoms with van der Waals surface area (Å²) >= 11 is 0. The van der Waals surface area contributed by atoms with Crippen LogP contribution < -0.4 is 21.7 Å². The van der Waals surface area contributed by atoms with Crippen molar-refractivity contribution >= 4 is 136 Å². The molecule has 0 unspecified atom stereocenters. The summed E-state index contributed by atoms with van der Waals surface area (Å²) in [5.74, 6) is -21.1. The number of hydrogen-bond donors (Lipinski definition) is 9. The van der Waals surface area contributed by atoms with Crippen LogP contribution in [0.5, 0.6) is 0 Å². The van der Waals surface area contributed by atoms with Crippen LogP contribution in [0.1, 0.15) is 51.4 Å². The summed E-state index contributed by atoms with van der Waals surface area (Å²) in [5, 5.41) is 52.9. The van der Waals surface area contributed by atoms with Crippen molar-refractivity contribution in [3.05, 3.63) is 0 Å². The summed E-state index contributed by atoms with van der Waals surface area (Å²) in [5.41, 5.74) is 5.33. The summed E-state index contributed by atoms with van der Waals surface area (Å²) in [6, 6.07) is -6.45. The Kier molecular flexibility index (Phi) is 43.1. The van der Waals surface area contributed by atoms with E-state index < -0.39 is 303 Å². The Morgan fingerprint density at radius 3 is 0.509 bits per heavy atom. The molecule has 0 aliphatic rings. The first-order chi connectivity index (χ1) is 51.7. The molecule has 628 valence electrons. The third kappa shape index (κ3) is 37.7. The molecular weight excluding hydrogens is 1490 g/mol. The summed E-state index contributed by atoms with van der Waals surface area (Å²) in [6.07, 6.45) is -4.23. The molecule has 47 nitrogen and oxygen atoms in total. The number of carboxylic acid groups (broad SMARTS) is 5. The number of amides is 18. The Hall–Kier alpha value is -12.2. The van der Waals surface area contributed by atoms with Gasteiger partial charge in [-0.3, -0.25) is 95.9 Å². The van der Waals surface area contributed by atoms with Crippen LogP contribution in [0.4, 0.5) is 0 Å².